The first-order chi connectivity index (χ1) is 14.9. The quantitative estimate of drug-likeness (QED) is 0.527. The minimum atomic E-state index is 0.0631. The van der Waals surface area contributed by atoms with Gasteiger partial charge in [-0.2, -0.15) is 0 Å². The number of morpholine rings is 1. The standard InChI is InChI=1S/C23H25ClN4O2S/c1-15-8-9-16(2)20(12-15)28-22(18-6-4-5-7-19(18)24)25-26-23(28)31-14-21(29)27-10-11-30-17(3)13-27/h4-9,12,17H,10-11,13-14H2,1-3H3. The van der Waals surface area contributed by atoms with Crippen molar-refractivity contribution in [3.63, 3.8) is 0 Å². The van der Waals surface area contributed by atoms with Crippen LogP contribution in [-0.4, -0.2) is 57.1 Å². The molecule has 1 atom stereocenters. The molecule has 0 saturated carbocycles. The molecule has 4 rings (SSSR count). The summed E-state index contributed by atoms with van der Waals surface area (Å²) in [7, 11) is 0. The summed E-state index contributed by atoms with van der Waals surface area (Å²) in [4.78, 5) is 14.6. The van der Waals surface area contributed by atoms with E-state index in [4.69, 9.17) is 16.3 Å². The molecular formula is C23H25ClN4O2S. The molecule has 1 unspecified atom stereocenters. The number of aryl methyl sites for hydroxylation is 2. The van der Waals surface area contributed by atoms with Crippen molar-refractivity contribution in [3.8, 4) is 17.1 Å². The highest BCUT2D eigenvalue weighted by atomic mass is 35.5. The molecular weight excluding hydrogens is 432 g/mol. The fourth-order valence-electron chi connectivity index (χ4n) is 3.62. The van der Waals surface area contributed by atoms with E-state index in [1.165, 1.54) is 11.8 Å². The van der Waals surface area contributed by atoms with Crippen LogP contribution >= 0.6 is 23.4 Å². The first kappa shape index (κ1) is 21.9. The zero-order valence-electron chi connectivity index (χ0n) is 17.8. The molecule has 1 aromatic heterocycles. The van der Waals surface area contributed by atoms with Gasteiger partial charge in [0.05, 0.1) is 29.2 Å². The number of aromatic nitrogens is 3. The van der Waals surface area contributed by atoms with Crippen LogP contribution in [0.3, 0.4) is 0 Å². The molecule has 3 aromatic rings. The zero-order chi connectivity index (χ0) is 22.0. The average Bonchev–Trinajstić information content (AvgIpc) is 3.17. The highest BCUT2D eigenvalue weighted by Crippen LogP contribution is 2.33. The summed E-state index contributed by atoms with van der Waals surface area (Å²) in [5.74, 6) is 1.03. The topological polar surface area (TPSA) is 60.2 Å². The van der Waals surface area contributed by atoms with Gasteiger partial charge in [-0.1, -0.05) is 47.6 Å². The van der Waals surface area contributed by atoms with E-state index in [1.54, 1.807) is 0 Å². The van der Waals surface area contributed by atoms with Gasteiger partial charge in [-0.15, -0.1) is 10.2 Å². The van der Waals surface area contributed by atoms with Gasteiger partial charge in [0, 0.05) is 18.7 Å². The van der Waals surface area contributed by atoms with Gasteiger partial charge in [-0.25, -0.2) is 0 Å². The molecule has 8 heteroatoms. The third-order valence-electron chi connectivity index (χ3n) is 5.27. The van der Waals surface area contributed by atoms with Crippen molar-refractivity contribution in [1.82, 2.24) is 19.7 Å². The minimum absolute atomic E-state index is 0.0631. The number of halogens is 1. The molecule has 31 heavy (non-hydrogen) atoms. The zero-order valence-corrected chi connectivity index (χ0v) is 19.4. The molecule has 0 bridgehead atoms. The number of benzene rings is 2. The average molecular weight is 457 g/mol. The first-order valence-electron chi connectivity index (χ1n) is 10.2. The molecule has 0 spiro atoms. The Morgan fingerprint density at radius 3 is 2.81 bits per heavy atom. The van der Waals surface area contributed by atoms with Crippen molar-refractivity contribution in [3.05, 3.63) is 58.6 Å². The highest BCUT2D eigenvalue weighted by molar-refractivity contribution is 7.99. The van der Waals surface area contributed by atoms with Gasteiger partial charge in [0.1, 0.15) is 0 Å². The lowest BCUT2D eigenvalue weighted by Gasteiger charge is -2.31. The van der Waals surface area contributed by atoms with Crippen molar-refractivity contribution in [2.45, 2.75) is 32.0 Å². The summed E-state index contributed by atoms with van der Waals surface area (Å²) in [5.41, 5.74) is 4.01. The van der Waals surface area contributed by atoms with Crippen LogP contribution in [0.25, 0.3) is 17.1 Å². The van der Waals surface area contributed by atoms with Crippen LogP contribution < -0.4 is 0 Å². The minimum Gasteiger partial charge on any atom is -0.375 e. The number of carbonyl (C=O) groups is 1. The Kier molecular flexibility index (Phi) is 6.65. The second-order valence-electron chi connectivity index (χ2n) is 7.72. The van der Waals surface area contributed by atoms with Crippen molar-refractivity contribution in [1.29, 1.82) is 0 Å². The van der Waals surface area contributed by atoms with Crippen molar-refractivity contribution < 1.29 is 9.53 Å². The molecule has 1 fully saturated rings. The van der Waals surface area contributed by atoms with E-state index in [0.717, 1.165) is 22.4 Å². The predicted octanol–water partition coefficient (Wildman–Crippen LogP) is 4.54. The number of hydrogen-bond donors (Lipinski definition) is 0. The summed E-state index contributed by atoms with van der Waals surface area (Å²) in [6, 6.07) is 13.9. The monoisotopic (exact) mass is 456 g/mol. The van der Waals surface area contributed by atoms with Gasteiger partial charge in [0.25, 0.3) is 0 Å². The predicted molar refractivity (Wildman–Crippen MR) is 124 cm³/mol. The van der Waals surface area contributed by atoms with E-state index < -0.39 is 0 Å². The largest absolute Gasteiger partial charge is 0.375 e. The van der Waals surface area contributed by atoms with Crippen molar-refractivity contribution >= 4 is 29.3 Å². The normalized spacial score (nSPS) is 16.5. The van der Waals surface area contributed by atoms with Crippen LogP contribution in [-0.2, 0) is 9.53 Å². The summed E-state index contributed by atoms with van der Waals surface area (Å²) < 4.78 is 7.55. The molecule has 0 aliphatic carbocycles. The number of nitrogens with zero attached hydrogens (tertiary/aromatic N) is 4. The van der Waals surface area contributed by atoms with E-state index in [0.29, 0.717) is 35.7 Å². The third kappa shape index (κ3) is 4.79. The number of thioether (sulfide) groups is 1. The van der Waals surface area contributed by atoms with E-state index in [1.807, 2.05) is 40.7 Å². The van der Waals surface area contributed by atoms with Crippen LogP contribution in [0.2, 0.25) is 5.02 Å². The molecule has 1 aliphatic heterocycles. The Morgan fingerprint density at radius 1 is 1.23 bits per heavy atom. The second kappa shape index (κ2) is 9.42. The van der Waals surface area contributed by atoms with Gasteiger partial charge in [0.15, 0.2) is 11.0 Å². The van der Waals surface area contributed by atoms with Crippen LogP contribution in [0.4, 0.5) is 0 Å². The number of rotatable bonds is 5. The Bertz CT molecular complexity index is 1100. The lowest BCUT2D eigenvalue weighted by Crippen LogP contribution is -2.45. The van der Waals surface area contributed by atoms with Crippen molar-refractivity contribution in [2.75, 3.05) is 25.4 Å². The molecule has 162 valence electrons. The third-order valence-corrected chi connectivity index (χ3v) is 6.52. The molecule has 1 amide bonds. The maximum absolute atomic E-state index is 12.8. The van der Waals surface area contributed by atoms with Crippen LogP contribution in [0.15, 0.2) is 47.6 Å². The molecule has 1 saturated heterocycles. The Labute approximate surface area is 191 Å². The van der Waals surface area contributed by atoms with Gasteiger partial charge in [-0.3, -0.25) is 9.36 Å². The summed E-state index contributed by atoms with van der Waals surface area (Å²) in [5, 5.41) is 10.2. The fourth-order valence-corrected chi connectivity index (χ4v) is 4.69. The molecule has 1 aliphatic rings. The van der Waals surface area contributed by atoms with Crippen LogP contribution in [0.5, 0.6) is 0 Å². The van der Waals surface area contributed by atoms with E-state index in [9.17, 15) is 4.79 Å². The number of amides is 1. The lowest BCUT2D eigenvalue weighted by molar-refractivity contribution is -0.135. The molecule has 2 aromatic carbocycles. The smallest absolute Gasteiger partial charge is 0.233 e. The van der Waals surface area contributed by atoms with E-state index in [-0.39, 0.29) is 17.8 Å². The summed E-state index contributed by atoms with van der Waals surface area (Å²) >= 11 is 7.88. The molecule has 0 radical (unpaired) electrons. The fraction of sp³-hybridized carbons (Fsp3) is 0.348. The summed E-state index contributed by atoms with van der Waals surface area (Å²) in [6.07, 6.45) is 0.0631. The Balaban J connectivity index is 1.69. The maximum atomic E-state index is 12.8. The molecule has 0 N–H and O–H groups in total. The lowest BCUT2D eigenvalue weighted by atomic mass is 10.1. The van der Waals surface area contributed by atoms with Gasteiger partial charge < -0.3 is 9.64 Å². The highest BCUT2D eigenvalue weighted by Gasteiger charge is 2.24. The molecule has 2 heterocycles. The van der Waals surface area contributed by atoms with E-state index >= 15 is 0 Å². The number of ether oxygens (including phenoxy) is 1. The maximum Gasteiger partial charge on any atom is 0.233 e. The van der Waals surface area contributed by atoms with Crippen LogP contribution in [0, 0.1) is 13.8 Å². The van der Waals surface area contributed by atoms with Crippen molar-refractivity contribution in [2.24, 2.45) is 0 Å². The van der Waals surface area contributed by atoms with Gasteiger partial charge >= 0.3 is 0 Å². The Morgan fingerprint density at radius 2 is 2.03 bits per heavy atom. The number of hydrogen-bond acceptors (Lipinski definition) is 5. The van der Waals surface area contributed by atoms with E-state index in [2.05, 4.69) is 42.2 Å². The summed E-state index contributed by atoms with van der Waals surface area (Å²) in [6.45, 7) is 7.91. The number of carbonyl (C=O) groups excluding carboxylic acids is 1. The second-order valence-corrected chi connectivity index (χ2v) is 9.07. The first-order valence-corrected chi connectivity index (χ1v) is 11.6. The molecule has 6 nitrogen and oxygen atoms in total. The van der Waals surface area contributed by atoms with Gasteiger partial charge in [0.2, 0.25) is 5.91 Å². The SMILES string of the molecule is Cc1ccc(C)c(-n2c(SCC(=O)N3CCOC(C)C3)nnc2-c2ccccc2Cl)c1. The van der Waals surface area contributed by atoms with Gasteiger partial charge in [-0.05, 0) is 50.1 Å². The Hall–Kier alpha value is -2.35. The van der Waals surface area contributed by atoms with Crippen LogP contribution in [0.1, 0.15) is 18.1 Å².